The van der Waals surface area contributed by atoms with Gasteiger partial charge >= 0.3 is 0 Å². The van der Waals surface area contributed by atoms with Crippen molar-refractivity contribution in [1.29, 1.82) is 0 Å². The molecule has 0 saturated carbocycles. The topological polar surface area (TPSA) is 107 Å². The second-order valence-electron chi connectivity index (χ2n) is 6.56. The van der Waals surface area contributed by atoms with Crippen molar-refractivity contribution in [1.82, 2.24) is 8.96 Å². The van der Waals surface area contributed by atoms with E-state index in [-0.39, 0.29) is 37.4 Å². The number of methoxy groups -OCH3 is 1. The maximum Gasteiger partial charge on any atom is 0.268 e. The molecule has 0 fully saturated rings. The Morgan fingerprint density at radius 2 is 1.75 bits per heavy atom. The number of halogens is 2. The minimum absolute atomic E-state index is 0.00540. The molecule has 0 atom stereocenters. The Morgan fingerprint density at radius 1 is 1.03 bits per heavy atom. The van der Waals surface area contributed by atoms with E-state index in [0.717, 1.165) is 10.2 Å². The van der Waals surface area contributed by atoms with Crippen LogP contribution in [0.15, 0.2) is 81.1 Å². The SMILES string of the molecule is COc1nc(NS(=O)(=O)c2cn(S(=O)(=O)c3ccccc3)c3cc(Cl)ccc23)ccc1Br. The zero-order chi connectivity index (χ0) is 23.1. The number of nitrogens with one attached hydrogen (secondary N) is 1. The molecule has 8 nitrogen and oxygen atoms in total. The van der Waals surface area contributed by atoms with Gasteiger partial charge in [0.1, 0.15) is 10.7 Å². The molecule has 1 N–H and O–H groups in total. The van der Waals surface area contributed by atoms with Crippen molar-refractivity contribution in [3.63, 3.8) is 0 Å². The molecule has 4 rings (SSSR count). The molecule has 0 spiro atoms. The molecule has 0 saturated heterocycles. The fourth-order valence-corrected chi connectivity index (χ4v) is 6.28. The van der Waals surface area contributed by atoms with Crippen LogP contribution in [0, 0.1) is 0 Å². The average molecular weight is 557 g/mol. The Kier molecular flexibility index (Phi) is 5.93. The second kappa shape index (κ2) is 8.39. The van der Waals surface area contributed by atoms with Gasteiger partial charge in [0.2, 0.25) is 5.88 Å². The highest BCUT2D eigenvalue weighted by Gasteiger charge is 2.27. The molecule has 2 heterocycles. The molecule has 12 heteroatoms. The van der Waals surface area contributed by atoms with Gasteiger partial charge in [0, 0.05) is 16.6 Å². The zero-order valence-corrected chi connectivity index (χ0v) is 20.3. The van der Waals surface area contributed by atoms with Crippen LogP contribution in [0.2, 0.25) is 5.02 Å². The predicted octanol–water partition coefficient (Wildman–Crippen LogP) is 4.50. The summed E-state index contributed by atoms with van der Waals surface area (Å²) >= 11 is 9.34. The predicted molar refractivity (Wildman–Crippen MR) is 125 cm³/mol. The van der Waals surface area contributed by atoms with Crippen LogP contribution < -0.4 is 9.46 Å². The quantitative estimate of drug-likeness (QED) is 0.375. The second-order valence-corrected chi connectivity index (χ2v) is 11.3. The van der Waals surface area contributed by atoms with Gasteiger partial charge in [-0.25, -0.2) is 20.8 Å². The summed E-state index contributed by atoms with van der Waals surface area (Å²) in [5, 5.41) is 0.446. The van der Waals surface area contributed by atoms with Crippen molar-refractivity contribution in [3.05, 3.63) is 76.4 Å². The number of sulfonamides is 1. The molecule has 0 radical (unpaired) electrons. The molecule has 0 amide bonds. The standard InChI is InChI=1S/C20H15BrClN3O5S2/c1-30-20-16(21)9-10-19(23-20)24-31(26,27)18-12-25(17-11-13(22)7-8-15(17)18)32(28,29)14-5-3-2-4-6-14/h2-12H,1H3,(H,23,24). The van der Waals surface area contributed by atoms with Crippen molar-refractivity contribution >= 4 is 64.3 Å². The number of hydrogen-bond donors (Lipinski definition) is 1. The van der Waals surface area contributed by atoms with Crippen LogP contribution in [0.3, 0.4) is 0 Å². The molecule has 0 aliphatic heterocycles. The number of anilines is 1. The maximum atomic E-state index is 13.2. The summed E-state index contributed by atoms with van der Waals surface area (Å²) in [5.41, 5.74) is 0.128. The van der Waals surface area contributed by atoms with Gasteiger partial charge in [-0.1, -0.05) is 29.8 Å². The zero-order valence-electron chi connectivity index (χ0n) is 16.4. The molecule has 166 valence electrons. The summed E-state index contributed by atoms with van der Waals surface area (Å²) in [7, 11) is -6.91. The molecule has 4 aromatic rings. The lowest BCUT2D eigenvalue weighted by Crippen LogP contribution is -2.15. The Balaban J connectivity index is 1.89. The highest BCUT2D eigenvalue weighted by molar-refractivity contribution is 9.10. The minimum Gasteiger partial charge on any atom is -0.480 e. The van der Waals surface area contributed by atoms with Crippen LogP contribution in [0.4, 0.5) is 5.82 Å². The number of aromatic nitrogens is 2. The van der Waals surface area contributed by atoms with Crippen LogP contribution in [-0.4, -0.2) is 32.9 Å². The molecular weight excluding hydrogens is 542 g/mol. The number of nitrogens with zero attached hydrogens (tertiary/aromatic N) is 2. The van der Waals surface area contributed by atoms with Crippen molar-refractivity contribution in [3.8, 4) is 5.88 Å². The summed E-state index contributed by atoms with van der Waals surface area (Å²) < 4.78 is 61.9. The van der Waals surface area contributed by atoms with E-state index in [4.69, 9.17) is 16.3 Å². The Morgan fingerprint density at radius 3 is 2.44 bits per heavy atom. The van der Waals surface area contributed by atoms with Crippen LogP contribution in [0.25, 0.3) is 10.9 Å². The van der Waals surface area contributed by atoms with Gasteiger partial charge in [0.25, 0.3) is 20.0 Å². The third-order valence-corrected chi connectivity index (χ3v) is 8.44. The van der Waals surface area contributed by atoms with Gasteiger partial charge < -0.3 is 4.74 Å². The number of rotatable bonds is 6. The van der Waals surface area contributed by atoms with Crippen LogP contribution in [0.1, 0.15) is 0 Å². The average Bonchev–Trinajstić information content (AvgIpc) is 3.16. The van der Waals surface area contributed by atoms with Crippen LogP contribution in [-0.2, 0) is 20.0 Å². The van der Waals surface area contributed by atoms with Gasteiger partial charge in [-0.2, -0.15) is 4.98 Å². The van der Waals surface area contributed by atoms with Crippen molar-refractivity contribution in [2.75, 3.05) is 11.8 Å². The lowest BCUT2D eigenvalue weighted by Gasteiger charge is -2.09. The van der Waals surface area contributed by atoms with E-state index in [1.165, 1.54) is 43.5 Å². The van der Waals surface area contributed by atoms with Crippen molar-refractivity contribution < 1.29 is 21.6 Å². The first-order chi connectivity index (χ1) is 15.1. The van der Waals surface area contributed by atoms with E-state index in [0.29, 0.717) is 4.47 Å². The normalized spacial score (nSPS) is 12.1. The molecule has 2 aromatic carbocycles. The van der Waals surface area contributed by atoms with E-state index in [2.05, 4.69) is 25.6 Å². The Labute approximate surface area is 198 Å². The van der Waals surface area contributed by atoms with Crippen molar-refractivity contribution in [2.45, 2.75) is 9.79 Å². The Bertz CT molecular complexity index is 1540. The van der Waals surface area contributed by atoms with E-state index >= 15 is 0 Å². The first-order valence-electron chi connectivity index (χ1n) is 8.98. The van der Waals surface area contributed by atoms with Gasteiger partial charge in [-0.3, -0.25) is 4.72 Å². The summed E-state index contributed by atoms with van der Waals surface area (Å²) in [6, 6.07) is 15.1. The third-order valence-electron chi connectivity index (χ3n) is 4.53. The molecule has 32 heavy (non-hydrogen) atoms. The summed E-state index contributed by atoms with van der Waals surface area (Å²) in [6.45, 7) is 0. The number of ether oxygens (including phenoxy) is 1. The molecule has 0 unspecified atom stereocenters. The summed E-state index contributed by atoms with van der Waals surface area (Å²) in [4.78, 5) is 3.86. The highest BCUT2D eigenvalue weighted by Crippen LogP contribution is 2.32. The van der Waals surface area contributed by atoms with Gasteiger partial charge in [-0.15, -0.1) is 0 Å². The third kappa shape index (κ3) is 4.08. The van der Waals surface area contributed by atoms with E-state index < -0.39 is 20.0 Å². The number of fused-ring (bicyclic) bond motifs is 1. The van der Waals surface area contributed by atoms with E-state index in [1.54, 1.807) is 24.3 Å². The van der Waals surface area contributed by atoms with Crippen molar-refractivity contribution in [2.24, 2.45) is 0 Å². The highest BCUT2D eigenvalue weighted by atomic mass is 79.9. The van der Waals surface area contributed by atoms with E-state index in [9.17, 15) is 16.8 Å². The fourth-order valence-electron chi connectivity index (χ4n) is 3.08. The number of benzene rings is 2. The van der Waals surface area contributed by atoms with Gasteiger partial charge in [-0.05, 0) is 58.4 Å². The molecule has 2 aromatic heterocycles. The van der Waals surface area contributed by atoms with E-state index in [1.807, 2.05) is 0 Å². The molecule has 0 bridgehead atoms. The number of hydrogen-bond acceptors (Lipinski definition) is 6. The monoisotopic (exact) mass is 555 g/mol. The number of pyridine rings is 1. The smallest absolute Gasteiger partial charge is 0.268 e. The van der Waals surface area contributed by atoms with Crippen LogP contribution >= 0.6 is 27.5 Å². The Hall–Kier alpha value is -2.60. The molecular formula is C20H15BrClN3O5S2. The minimum atomic E-state index is -4.22. The largest absolute Gasteiger partial charge is 0.480 e. The summed E-state index contributed by atoms with van der Waals surface area (Å²) in [5.74, 6) is 0.192. The molecule has 0 aliphatic rings. The first-order valence-corrected chi connectivity index (χ1v) is 13.1. The fraction of sp³-hybridized carbons (Fsp3) is 0.0500. The first kappa shape index (κ1) is 22.6. The van der Waals surface area contributed by atoms with Gasteiger partial charge in [0.15, 0.2) is 0 Å². The maximum absolute atomic E-state index is 13.2. The molecule has 0 aliphatic carbocycles. The lowest BCUT2D eigenvalue weighted by atomic mass is 10.2. The van der Waals surface area contributed by atoms with Crippen LogP contribution in [0.5, 0.6) is 5.88 Å². The summed E-state index contributed by atoms with van der Waals surface area (Å²) in [6.07, 6.45) is 1.06. The van der Waals surface area contributed by atoms with Gasteiger partial charge in [0.05, 0.1) is 22.0 Å². The lowest BCUT2D eigenvalue weighted by molar-refractivity contribution is 0.396.